The van der Waals surface area contributed by atoms with Gasteiger partial charge >= 0.3 is 11.9 Å². The van der Waals surface area contributed by atoms with Crippen LogP contribution in [0.25, 0.3) is 0 Å². The summed E-state index contributed by atoms with van der Waals surface area (Å²) in [6.45, 7) is 0.375. The van der Waals surface area contributed by atoms with Crippen molar-refractivity contribution in [3.8, 4) is 0 Å². The van der Waals surface area contributed by atoms with Gasteiger partial charge in [-0.25, -0.2) is 4.98 Å². The minimum atomic E-state index is -1.10. The fraction of sp³-hybridized carbons (Fsp3) is 0.583. The van der Waals surface area contributed by atoms with Crippen LogP contribution < -0.4 is 5.32 Å². The molecule has 1 heterocycles. The Morgan fingerprint density at radius 2 is 2.32 bits per heavy atom. The highest BCUT2D eigenvalue weighted by atomic mass is 32.1. The number of fused-ring (bicyclic) bond motifs is 1. The lowest BCUT2D eigenvalue weighted by atomic mass is 9.90. The van der Waals surface area contributed by atoms with E-state index >= 15 is 0 Å². The number of carbonyl (C=O) groups is 2. The minimum Gasteiger partial charge on any atom is -0.481 e. The van der Waals surface area contributed by atoms with Crippen LogP contribution in [0, 0.1) is 17.8 Å². The predicted octanol–water partition coefficient (Wildman–Crippen LogP) is 0.797. The van der Waals surface area contributed by atoms with Crippen molar-refractivity contribution < 1.29 is 19.8 Å². The summed E-state index contributed by atoms with van der Waals surface area (Å²) in [5.74, 6) is -2.61. The highest BCUT2D eigenvalue weighted by Crippen LogP contribution is 2.62. The molecule has 0 amide bonds. The topological polar surface area (TPSA) is 99.5 Å². The van der Waals surface area contributed by atoms with Gasteiger partial charge in [-0.15, -0.1) is 11.3 Å². The van der Waals surface area contributed by atoms with E-state index in [1.165, 1.54) is 11.3 Å². The second-order valence-corrected chi connectivity index (χ2v) is 6.13. The number of hydrogen-bond acceptors (Lipinski definition) is 5. The van der Waals surface area contributed by atoms with E-state index in [9.17, 15) is 14.7 Å². The number of rotatable bonds is 5. The maximum absolute atomic E-state index is 11.6. The molecule has 1 aromatic rings. The molecule has 0 aliphatic heterocycles. The molecule has 1 aromatic heterocycles. The van der Waals surface area contributed by atoms with Crippen molar-refractivity contribution in [1.82, 2.24) is 10.3 Å². The normalized spacial score (nSPS) is 35.9. The fourth-order valence-electron chi connectivity index (χ4n) is 3.41. The Bertz CT molecular complexity index is 518. The van der Waals surface area contributed by atoms with Crippen LogP contribution in [0.5, 0.6) is 0 Å². The molecule has 7 heteroatoms. The number of carboxylic acid groups (broad SMARTS) is 2. The van der Waals surface area contributed by atoms with Crippen LogP contribution >= 0.6 is 11.3 Å². The number of aliphatic carboxylic acids is 2. The van der Waals surface area contributed by atoms with Gasteiger partial charge in [-0.05, 0) is 18.8 Å². The van der Waals surface area contributed by atoms with Gasteiger partial charge in [-0.2, -0.15) is 0 Å². The van der Waals surface area contributed by atoms with Gasteiger partial charge in [0.15, 0.2) is 0 Å². The zero-order valence-corrected chi connectivity index (χ0v) is 10.9. The van der Waals surface area contributed by atoms with Crippen LogP contribution in [-0.2, 0) is 16.1 Å². The summed E-state index contributed by atoms with van der Waals surface area (Å²) < 4.78 is 0. The van der Waals surface area contributed by atoms with Gasteiger partial charge in [-0.3, -0.25) is 14.9 Å². The lowest BCUT2D eigenvalue weighted by molar-refractivity contribution is -0.147. The van der Waals surface area contributed by atoms with E-state index in [0.29, 0.717) is 19.4 Å². The lowest BCUT2D eigenvalue weighted by Gasteiger charge is -2.28. The number of carboxylic acids is 2. The summed E-state index contributed by atoms with van der Waals surface area (Å²) in [5, 5.41) is 24.3. The van der Waals surface area contributed by atoms with Crippen LogP contribution in [0.4, 0.5) is 0 Å². The predicted molar refractivity (Wildman–Crippen MR) is 66.7 cm³/mol. The summed E-state index contributed by atoms with van der Waals surface area (Å²) in [6, 6.07) is 0. The Morgan fingerprint density at radius 1 is 1.53 bits per heavy atom. The smallest absolute Gasteiger partial charge is 0.324 e. The molecule has 6 nitrogen and oxygen atoms in total. The number of hydrogen-bond donors (Lipinski definition) is 3. The van der Waals surface area contributed by atoms with E-state index in [4.69, 9.17) is 5.11 Å². The van der Waals surface area contributed by atoms with Gasteiger partial charge in [0.25, 0.3) is 0 Å². The van der Waals surface area contributed by atoms with E-state index in [-0.39, 0.29) is 11.8 Å². The minimum absolute atomic E-state index is 0.0115. The number of nitrogens with one attached hydrogen (secondary N) is 1. The van der Waals surface area contributed by atoms with Crippen molar-refractivity contribution in [2.75, 3.05) is 0 Å². The monoisotopic (exact) mass is 282 g/mol. The molecular weight excluding hydrogens is 268 g/mol. The van der Waals surface area contributed by atoms with E-state index in [1.807, 2.05) is 5.38 Å². The summed E-state index contributed by atoms with van der Waals surface area (Å²) in [6.07, 6.45) is 2.83. The Morgan fingerprint density at radius 3 is 2.84 bits per heavy atom. The van der Waals surface area contributed by atoms with Crippen molar-refractivity contribution in [2.45, 2.75) is 24.9 Å². The van der Waals surface area contributed by atoms with Crippen LogP contribution in [0.15, 0.2) is 11.6 Å². The third-order valence-corrected chi connectivity index (χ3v) is 5.09. The van der Waals surface area contributed by atoms with Crippen molar-refractivity contribution in [2.24, 2.45) is 17.8 Å². The fourth-order valence-corrected chi connectivity index (χ4v) is 3.96. The molecule has 0 spiro atoms. The van der Waals surface area contributed by atoms with Gasteiger partial charge in [0.1, 0.15) is 10.5 Å². The van der Waals surface area contributed by atoms with E-state index in [1.54, 1.807) is 6.20 Å². The van der Waals surface area contributed by atoms with Crippen LogP contribution in [0.1, 0.15) is 17.8 Å². The molecule has 2 aliphatic rings. The lowest BCUT2D eigenvalue weighted by Crippen LogP contribution is -2.53. The number of aromatic nitrogens is 1. The average molecular weight is 282 g/mol. The molecule has 19 heavy (non-hydrogen) atoms. The molecule has 102 valence electrons. The molecule has 0 bridgehead atoms. The van der Waals surface area contributed by atoms with Crippen LogP contribution in [0.3, 0.4) is 0 Å². The second kappa shape index (κ2) is 4.28. The van der Waals surface area contributed by atoms with Gasteiger partial charge in [0, 0.05) is 24.0 Å². The first kappa shape index (κ1) is 12.6. The van der Waals surface area contributed by atoms with Crippen molar-refractivity contribution in [3.05, 3.63) is 16.6 Å². The third kappa shape index (κ3) is 1.84. The van der Waals surface area contributed by atoms with Crippen molar-refractivity contribution >= 4 is 23.3 Å². The Balaban J connectivity index is 1.77. The van der Waals surface area contributed by atoms with Gasteiger partial charge in [0.2, 0.25) is 0 Å². The molecule has 0 radical (unpaired) electrons. The molecule has 4 unspecified atom stereocenters. The molecule has 2 fully saturated rings. The molecule has 0 aromatic carbocycles. The highest BCUT2D eigenvalue weighted by Gasteiger charge is 2.71. The number of nitrogens with zero attached hydrogens (tertiary/aromatic N) is 1. The van der Waals surface area contributed by atoms with E-state index in [2.05, 4.69) is 10.3 Å². The van der Waals surface area contributed by atoms with E-state index in [0.717, 1.165) is 5.01 Å². The SMILES string of the molecule is O=C(O)C1C2CCC(NCc3nccs3)(C(=O)O)C21. The summed E-state index contributed by atoms with van der Waals surface area (Å²) in [5.41, 5.74) is -1.10. The first-order valence-corrected chi connectivity index (χ1v) is 7.04. The Hall–Kier alpha value is -1.47. The largest absolute Gasteiger partial charge is 0.481 e. The molecule has 4 atom stereocenters. The zero-order chi connectivity index (χ0) is 13.6. The molecule has 3 N–H and O–H groups in total. The Labute approximate surface area is 113 Å². The molecule has 2 saturated carbocycles. The van der Waals surface area contributed by atoms with Crippen molar-refractivity contribution in [3.63, 3.8) is 0 Å². The molecule has 2 aliphatic carbocycles. The van der Waals surface area contributed by atoms with Gasteiger partial charge < -0.3 is 10.2 Å². The van der Waals surface area contributed by atoms with Gasteiger partial charge in [0.05, 0.1) is 5.92 Å². The number of thiazole rings is 1. The molecular formula is C12H14N2O4S. The quantitative estimate of drug-likeness (QED) is 0.738. The van der Waals surface area contributed by atoms with Crippen LogP contribution in [-0.4, -0.2) is 32.7 Å². The highest BCUT2D eigenvalue weighted by molar-refractivity contribution is 7.09. The zero-order valence-electron chi connectivity index (χ0n) is 10.1. The third-order valence-electron chi connectivity index (χ3n) is 4.31. The standard InChI is InChI=1S/C12H14N2O4S/c15-10(16)8-6-1-2-12(9(6)8,11(17)18)14-5-7-13-3-4-19-7/h3-4,6,8-9,14H,1-2,5H2,(H,15,16)(H,17,18). The van der Waals surface area contributed by atoms with E-state index < -0.39 is 23.4 Å². The maximum Gasteiger partial charge on any atom is 0.324 e. The second-order valence-electron chi connectivity index (χ2n) is 5.15. The average Bonchev–Trinajstić information content (AvgIpc) is 2.75. The summed E-state index contributed by atoms with van der Waals surface area (Å²) in [7, 11) is 0. The van der Waals surface area contributed by atoms with Gasteiger partial charge in [-0.1, -0.05) is 0 Å². The molecule has 0 saturated heterocycles. The van der Waals surface area contributed by atoms with Crippen molar-refractivity contribution in [1.29, 1.82) is 0 Å². The summed E-state index contributed by atoms with van der Waals surface area (Å²) >= 11 is 1.46. The first-order valence-electron chi connectivity index (χ1n) is 6.16. The maximum atomic E-state index is 11.6. The molecule has 3 rings (SSSR count). The first-order chi connectivity index (χ1) is 9.06. The Kier molecular flexibility index (Phi) is 2.83. The van der Waals surface area contributed by atoms with Crippen LogP contribution in [0.2, 0.25) is 0 Å². The summed E-state index contributed by atoms with van der Waals surface area (Å²) in [4.78, 5) is 26.8.